The molecule has 0 aliphatic rings. The van der Waals surface area contributed by atoms with E-state index in [0.717, 1.165) is 22.5 Å². The van der Waals surface area contributed by atoms with Crippen molar-refractivity contribution >= 4 is 44.2 Å². The zero-order valence-corrected chi connectivity index (χ0v) is 17.8. The third-order valence-corrected chi connectivity index (χ3v) is 5.52. The average Bonchev–Trinajstić information content (AvgIpc) is 3.19. The van der Waals surface area contributed by atoms with Crippen molar-refractivity contribution in [1.29, 1.82) is 0 Å². The van der Waals surface area contributed by atoms with Gasteiger partial charge in [-0.05, 0) is 53.1 Å². The number of fused-ring (bicyclic) bond motifs is 1. The van der Waals surface area contributed by atoms with Gasteiger partial charge >= 0.3 is 0 Å². The van der Waals surface area contributed by atoms with Gasteiger partial charge in [0.1, 0.15) is 11.2 Å². The zero-order valence-electron chi connectivity index (χ0n) is 16.2. The minimum Gasteiger partial charge on any atom is -0.308 e. The molecule has 0 spiro atoms. The summed E-state index contributed by atoms with van der Waals surface area (Å²) in [6.45, 7) is 7.20. The molecule has 0 aliphatic heterocycles. The van der Waals surface area contributed by atoms with E-state index in [1.165, 1.54) is 11.3 Å². The first-order valence-corrected chi connectivity index (χ1v) is 10.0. The van der Waals surface area contributed by atoms with Crippen LogP contribution >= 0.6 is 22.9 Å². The number of nitrogens with zero attached hydrogens (tertiary/aromatic N) is 5. The number of likely N-dealkylation sites (N-methyl/N-ethyl adjacent to an activating group) is 1. The summed E-state index contributed by atoms with van der Waals surface area (Å²) in [5.41, 5.74) is 2.13. The Hall–Kier alpha value is -1.96. The Morgan fingerprint density at radius 3 is 2.67 bits per heavy atom. The van der Waals surface area contributed by atoms with Gasteiger partial charge in [0.2, 0.25) is 0 Å². The molecule has 2 heterocycles. The first kappa shape index (κ1) is 19.8. The molecule has 0 saturated heterocycles. The van der Waals surface area contributed by atoms with E-state index in [1.54, 1.807) is 9.58 Å². The molecule has 2 aromatic heterocycles. The number of rotatable bonds is 6. The van der Waals surface area contributed by atoms with E-state index in [-0.39, 0.29) is 11.9 Å². The molecule has 27 heavy (non-hydrogen) atoms. The number of benzene rings is 1. The maximum Gasteiger partial charge on any atom is 0.278 e. The Bertz CT molecular complexity index is 962. The molecule has 0 unspecified atom stereocenters. The first-order chi connectivity index (χ1) is 12.8. The van der Waals surface area contributed by atoms with Crippen LogP contribution in [0.2, 0.25) is 5.02 Å². The van der Waals surface area contributed by atoms with E-state index in [0.29, 0.717) is 22.4 Å². The van der Waals surface area contributed by atoms with Crippen LogP contribution in [0, 0.1) is 6.92 Å². The Morgan fingerprint density at radius 2 is 2.04 bits per heavy atom. The number of amides is 1. The minimum atomic E-state index is -0.0960. The number of carbonyl (C=O) groups is 1. The Labute approximate surface area is 168 Å². The van der Waals surface area contributed by atoms with E-state index in [9.17, 15) is 4.79 Å². The highest BCUT2D eigenvalue weighted by Crippen LogP contribution is 2.33. The van der Waals surface area contributed by atoms with Crippen molar-refractivity contribution in [2.75, 3.05) is 32.1 Å². The Morgan fingerprint density at radius 1 is 1.30 bits per heavy atom. The van der Waals surface area contributed by atoms with Crippen molar-refractivity contribution in [2.45, 2.75) is 26.8 Å². The van der Waals surface area contributed by atoms with Gasteiger partial charge in [0.25, 0.3) is 5.91 Å². The van der Waals surface area contributed by atoms with Crippen molar-refractivity contribution in [1.82, 2.24) is 19.7 Å². The quantitative estimate of drug-likeness (QED) is 0.615. The van der Waals surface area contributed by atoms with Crippen molar-refractivity contribution in [3.05, 3.63) is 40.7 Å². The highest BCUT2D eigenvalue weighted by Gasteiger charge is 2.26. The summed E-state index contributed by atoms with van der Waals surface area (Å²) >= 11 is 7.76. The summed E-state index contributed by atoms with van der Waals surface area (Å²) < 4.78 is 2.74. The topological polar surface area (TPSA) is 54.3 Å². The second-order valence-electron chi connectivity index (χ2n) is 7.05. The fourth-order valence-electron chi connectivity index (χ4n) is 2.81. The second kappa shape index (κ2) is 7.96. The summed E-state index contributed by atoms with van der Waals surface area (Å²) in [6, 6.07) is 7.62. The predicted octanol–water partition coefficient (Wildman–Crippen LogP) is 4.24. The molecule has 1 amide bonds. The maximum absolute atomic E-state index is 13.4. The molecule has 0 atom stereocenters. The average molecular weight is 406 g/mol. The standard InChI is InChI=1S/C19H24ClN5OS/c1-12(2)25-15(11-13(3)22-25)18(26)24(10-9-23(4)5)19-21-17-14(20)7-6-8-16(17)27-19/h6-8,11-12H,9-10H2,1-5H3. The largest absolute Gasteiger partial charge is 0.308 e. The molecular formula is C19H24ClN5OS. The van der Waals surface area contributed by atoms with Gasteiger partial charge in [-0.25, -0.2) is 4.98 Å². The van der Waals surface area contributed by atoms with Crippen LogP contribution in [-0.4, -0.2) is 52.8 Å². The van der Waals surface area contributed by atoms with Crippen LogP contribution in [0.1, 0.15) is 36.1 Å². The number of halogens is 1. The van der Waals surface area contributed by atoms with E-state index in [2.05, 4.69) is 10.1 Å². The first-order valence-electron chi connectivity index (χ1n) is 8.85. The third-order valence-electron chi connectivity index (χ3n) is 4.17. The molecule has 0 radical (unpaired) electrons. The van der Waals surface area contributed by atoms with Gasteiger partial charge in [-0.3, -0.25) is 14.4 Å². The molecule has 0 bridgehead atoms. The van der Waals surface area contributed by atoms with E-state index >= 15 is 0 Å². The molecule has 144 valence electrons. The van der Waals surface area contributed by atoms with Gasteiger partial charge in [-0.15, -0.1) is 0 Å². The van der Waals surface area contributed by atoms with Crippen LogP contribution in [0.4, 0.5) is 5.13 Å². The highest BCUT2D eigenvalue weighted by atomic mass is 35.5. The molecule has 0 saturated carbocycles. The van der Waals surface area contributed by atoms with Gasteiger partial charge < -0.3 is 4.90 Å². The lowest BCUT2D eigenvalue weighted by Gasteiger charge is -2.22. The van der Waals surface area contributed by atoms with Crippen molar-refractivity contribution in [2.24, 2.45) is 0 Å². The van der Waals surface area contributed by atoms with Gasteiger partial charge in [0, 0.05) is 19.1 Å². The number of hydrogen-bond donors (Lipinski definition) is 0. The lowest BCUT2D eigenvalue weighted by Crippen LogP contribution is -2.38. The Kier molecular flexibility index (Phi) is 5.83. The number of hydrogen-bond acceptors (Lipinski definition) is 5. The van der Waals surface area contributed by atoms with E-state index in [1.807, 2.05) is 64.0 Å². The van der Waals surface area contributed by atoms with Gasteiger partial charge in [-0.1, -0.05) is 29.0 Å². The number of aryl methyl sites for hydroxylation is 1. The molecule has 1 aromatic carbocycles. The smallest absolute Gasteiger partial charge is 0.278 e. The lowest BCUT2D eigenvalue weighted by molar-refractivity contribution is 0.0973. The van der Waals surface area contributed by atoms with Crippen LogP contribution in [0.5, 0.6) is 0 Å². The number of thiazole rings is 1. The van der Waals surface area contributed by atoms with Crippen LogP contribution in [0.15, 0.2) is 24.3 Å². The summed E-state index contributed by atoms with van der Waals surface area (Å²) in [5.74, 6) is -0.0960. The van der Waals surface area contributed by atoms with Crippen LogP contribution in [0.25, 0.3) is 10.2 Å². The van der Waals surface area contributed by atoms with Crippen molar-refractivity contribution in [3.8, 4) is 0 Å². The van der Waals surface area contributed by atoms with Crippen molar-refractivity contribution in [3.63, 3.8) is 0 Å². The van der Waals surface area contributed by atoms with E-state index in [4.69, 9.17) is 11.6 Å². The molecule has 3 aromatic rings. The second-order valence-corrected chi connectivity index (χ2v) is 8.47. The SMILES string of the molecule is Cc1cc(C(=O)N(CCN(C)C)c2nc3c(Cl)cccc3s2)n(C(C)C)n1. The monoisotopic (exact) mass is 405 g/mol. The summed E-state index contributed by atoms with van der Waals surface area (Å²) in [5, 5.41) is 5.73. The Balaban J connectivity index is 2.05. The van der Waals surface area contributed by atoms with Crippen LogP contribution < -0.4 is 4.90 Å². The number of anilines is 1. The number of aromatic nitrogens is 3. The molecule has 0 N–H and O–H groups in total. The summed E-state index contributed by atoms with van der Waals surface area (Å²) in [6.07, 6.45) is 0. The van der Waals surface area contributed by atoms with Crippen LogP contribution in [-0.2, 0) is 0 Å². The molecule has 6 nitrogen and oxygen atoms in total. The predicted molar refractivity (Wildman–Crippen MR) is 112 cm³/mol. The lowest BCUT2D eigenvalue weighted by atomic mass is 10.3. The molecule has 8 heteroatoms. The maximum atomic E-state index is 13.4. The summed E-state index contributed by atoms with van der Waals surface area (Å²) in [4.78, 5) is 21.9. The van der Waals surface area contributed by atoms with Crippen LogP contribution in [0.3, 0.4) is 0 Å². The third kappa shape index (κ3) is 4.15. The van der Waals surface area contributed by atoms with Gasteiger partial charge in [0.15, 0.2) is 5.13 Å². The molecule has 3 rings (SSSR count). The van der Waals surface area contributed by atoms with Crippen molar-refractivity contribution < 1.29 is 4.79 Å². The van der Waals surface area contributed by atoms with Gasteiger partial charge in [0.05, 0.1) is 15.4 Å². The van der Waals surface area contributed by atoms with Gasteiger partial charge in [-0.2, -0.15) is 5.10 Å². The fraction of sp³-hybridized carbons (Fsp3) is 0.421. The van der Waals surface area contributed by atoms with E-state index < -0.39 is 0 Å². The normalized spacial score (nSPS) is 11.7. The molecular weight excluding hydrogens is 382 g/mol. The molecule has 0 fully saturated rings. The number of para-hydroxylation sites is 1. The summed E-state index contributed by atoms with van der Waals surface area (Å²) in [7, 11) is 3.97. The highest BCUT2D eigenvalue weighted by molar-refractivity contribution is 7.22. The zero-order chi connectivity index (χ0) is 19.7. The molecule has 0 aliphatic carbocycles. The minimum absolute atomic E-state index is 0.0955. The fourth-order valence-corrected chi connectivity index (χ4v) is 4.10. The number of carbonyl (C=O) groups excluding carboxylic acids is 1.